The molecule has 3 aromatic carbocycles. The third kappa shape index (κ3) is 5.04. The summed E-state index contributed by atoms with van der Waals surface area (Å²) in [5, 5.41) is 21.5. The maximum Gasteiger partial charge on any atom is 0.104 e. The molecule has 0 aliphatic heterocycles. The van der Waals surface area contributed by atoms with Crippen LogP contribution in [0.5, 0.6) is 0 Å². The molecule has 0 unspecified atom stereocenters. The summed E-state index contributed by atoms with van der Waals surface area (Å²) in [6, 6.07) is 28.9. The average molecular weight is 356 g/mol. The molecule has 3 aromatic rings. The van der Waals surface area contributed by atoms with Crippen molar-refractivity contribution in [3.05, 3.63) is 125 Å². The molecule has 3 rings (SSSR count). The first-order valence-corrected chi connectivity index (χ1v) is 9.06. The van der Waals surface area contributed by atoms with Gasteiger partial charge in [-0.2, -0.15) is 0 Å². The molecule has 0 aliphatic carbocycles. The van der Waals surface area contributed by atoms with E-state index in [0.717, 1.165) is 22.3 Å². The lowest BCUT2D eigenvalue weighted by atomic mass is 9.90. The van der Waals surface area contributed by atoms with Gasteiger partial charge in [-0.1, -0.05) is 104 Å². The molecule has 2 N–H and O–H groups in total. The normalized spacial score (nSPS) is 13.8. The molecule has 0 heterocycles. The summed E-state index contributed by atoms with van der Waals surface area (Å²) in [6.07, 6.45) is 0.882. The fourth-order valence-electron chi connectivity index (χ4n) is 3.05. The molecule has 0 aliphatic rings. The van der Waals surface area contributed by atoms with Crippen molar-refractivity contribution in [2.45, 2.75) is 18.6 Å². The second-order valence-corrected chi connectivity index (χ2v) is 6.55. The van der Waals surface area contributed by atoms with Crippen molar-refractivity contribution < 1.29 is 10.2 Å². The summed E-state index contributed by atoms with van der Waals surface area (Å²) in [7, 11) is 0. The van der Waals surface area contributed by atoms with E-state index >= 15 is 0 Å². The Morgan fingerprint density at radius 2 is 1.22 bits per heavy atom. The number of aliphatic hydroxyl groups excluding tert-OH is 2. The van der Waals surface area contributed by atoms with E-state index < -0.39 is 12.2 Å². The van der Waals surface area contributed by atoms with Crippen molar-refractivity contribution in [3.8, 4) is 0 Å². The molecule has 2 nitrogen and oxygen atoms in total. The Morgan fingerprint density at radius 1 is 0.741 bits per heavy atom. The van der Waals surface area contributed by atoms with Gasteiger partial charge >= 0.3 is 0 Å². The highest BCUT2D eigenvalue weighted by Gasteiger charge is 2.19. The topological polar surface area (TPSA) is 40.5 Å². The highest BCUT2D eigenvalue weighted by atomic mass is 16.3. The first kappa shape index (κ1) is 18.8. The largest absolute Gasteiger partial charge is 0.388 e. The molecule has 0 bridgehead atoms. The molecule has 0 fully saturated rings. The quantitative estimate of drug-likeness (QED) is 0.550. The second-order valence-electron chi connectivity index (χ2n) is 6.55. The first-order valence-electron chi connectivity index (χ1n) is 9.06. The average Bonchev–Trinajstić information content (AvgIpc) is 2.74. The summed E-state index contributed by atoms with van der Waals surface area (Å²) in [4.78, 5) is 0. The third-order valence-corrected chi connectivity index (χ3v) is 4.60. The van der Waals surface area contributed by atoms with Gasteiger partial charge < -0.3 is 10.2 Å². The number of benzene rings is 3. The van der Waals surface area contributed by atoms with E-state index in [0.29, 0.717) is 12.0 Å². The van der Waals surface area contributed by atoms with Crippen LogP contribution in [0, 0.1) is 0 Å². The van der Waals surface area contributed by atoms with Crippen LogP contribution in [-0.4, -0.2) is 10.2 Å². The van der Waals surface area contributed by atoms with Gasteiger partial charge in [0, 0.05) is 6.42 Å². The zero-order valence-electron chi connectivity index (χ0n) is 15.2. The highest BCUT2D eigenvalue weighted by Crippen LogP contribution is 2.33. The Morgan fingerprint density at radius 3 is 1.78 bits per heavy atom. The summed E-state index contributed by atoms with van der Waals surface area (Å²) in [6.45, 7) is 4.14. The molecule has 0 radical (unpaired) electrons. The van der Waals surface area contributed by atoms with Crippen molar-refractivity contribution in [2.75, 3.05) is 0 Å². The molecule has 0 aromatic heterocycles. The molecule has 0 saturated heterocycles. The zero-order chi connectivity index (χ0) is 19.1. The minimum Gasteiger partial charge on any atom is -0.388 e. The van der Waals surface area contributed by atoms with Crippen LogP contribution in [0.25, 0.3) is 6.08 Å². The van der Waals surface area contributed by atoms with E-state index in [1.807, 2.05) is 97.1 Å². The van der Waals surface area contributed by atoms with Crippen molar-refractivity contribution in [1.82, 2.24) is 0 Å². The molecule has 0 amide bonds. The highest BCUT2D eigenvalue weighted by molar-refractivity contribution is 5.59. The lowest BCUT2D eigenvalue weighted by molar-refractivity contribution is 0.175. The smallest absolute Gasteiger partial charge is 0.104 e. The Hall–Kier alpha value is -2.94. The maximum absolute atomic E-state index is 10.8. The van der Waals surface area contributed by atoms with Crippen LogP contribution >= 0.6 is 0 Å². The molecule has 2 heteroatoms. The zero-order valence-corrected chi connectivity index (χ0v) is 15.2. The Kier molecular flexibility index (Phi) is 6.37. The van der Waals surface area contributed by atoms with Gasteiger partial charge in [0.1, 0.15) is 6.10 Å². The van der Waals surface area contributed by atoms with Gasteiger partial charge in [0.15, 0.2) is 0 Å². The van der Waals surface area contributed by atoms with Gasteiger partial charge in [-0.15, -0.1) is 0 Å². The predicted molar refractivity (Wildman–Crippen MR) is 111 cm³/mol. The standard InChI is InChI=1S/C25H24O2/c1-19(25(27)22-15-9-4-10-16-22)23(17-20-11-5-2-6-12-20)18-24(26)21-13-7-3-8-14-21/h2-17,24-27H,1,18H2/b23-17-/t24-,25+/m0/s1. The van der Waals surface area contributed by atoms with Crippen molar-refractivity contribution in [2.24, 2.45) is 0 Å². The van der Waals surface area contributed by atoms with E-state index in [4.69, 9.17) is 0 Å². The van der Waals surface area contributed by atoms with E-state index in [-0.39, 0.29) is 0 Å². The second kappa shape index (κ2) is 9.13. The predicted octanol–water partition coefficient (Wildman–Crippen LogP) is 5.48. The fourth-order valence-corrected chi connectivity index (χ4v) is 3.05. The third-order valence-electron chi connectivity index (χ3n) is 4.60. The van der Waals surface area contributed by atoms with Gasteiger partial charge in [0.2, 0.25) is 0 Å². The van der Waals surface area contributed by atoms with Gasteiger partial charge in [0.05, 0.1) is 6.10 Å². The first-order chi connectivity index (χ1) is 13.1. The van der Waals surface area contributed by atoms with Crippen LogP contribution in [0.3, 0.4) is 0 Å². The Bertz CT molecular complexity index is 883. The summed E-state index contributed by atoms with van der Waals surface area (Å²) in [5.41, 5.74) is 4.07. The summed E-state index contributed by atoms with van der Waals surface area (Å²) >= 11 is 0. The number of aliphatic hydroxyl groups is 2. The molecule has 0 saturated carbocycles. The lowest BCUT2D eigenvalue weighted by Gasteiger charge is -2.20. The molecule has 136 valence electrons. The number of rotatable bonds is 7. The van der Waals surface area contributed by atoms with E-state index in [1.165, 1.54) is 0 Å². The summed E-state index contributed by atoms with van der Waals surface area (Å²) in [5.74, 6) is 0. The minimum atomic E-state index is -0.816. The van der Waals surface area contributed by atoms with Crippen LogP contribution < -0.4 is 0 Å². The van der Waals surface area contributed by atoms with Crippen LogP contribution in [0.1, 0.15) is 35.3 Å². The van der Waals surface area contributed by atoms with Crippen LogP contribution in [0.2, 0.25) is 0 Å². The maximum atomic E-state index is 10.8. The summed E-state index contributed by atoms with van der Waals surface area (Å²) < 4.78 is 0. The van der Waals surface area contributed by atoms with Crippen LogP contribution in [0.4, 0.5) is 0 Å². The van der Waals surface area contributed by atoms with Crippen LogP contribution in [0.15, 0.2) is 109 Å². The SMILES string of the molecule is C=C(/C(=C\c1ccccc1)C[C@H](O)c1ccccc1)[C@@H](O)c1ccccc1. The number of hydrogen-bond acceptors (Lipinski definition) is 2. The van der Waals surface area contributed by atoms with Gasteiger partial charge in [-0.05, 0) is 27.8 Å². The van der Waals surface area contributed by atoms with Gasteiger partial charge in [-0.3, -0.25) is 0 Å². The molecule has 0 spiro atoms. The fraction of sp³-hybridized carbons (Fsp3) is 0.120. The van der Waals surface area contributed by atoms with E-state index in [2.05, 4.69) is 6.58 Å². The molecular weight excluding hydrogens is 332 g/mol. The molecule has 2 atom stereocenters. The van der Waals surface area contributed by atoms with E-state index in [1.54, 1.807) is 0 Å². The van der Waals surface area contributed by atoms with E-state index in [9.17, 15) is 10.2 Å². The van der Waals surface area contributed by atoms with Crippen molar-refractivity contribution in [1.29, 1.82) is 0 Å². The lowest BCUT2D eigenvalue weighted by Crippen LogP contribution is -2.07. The minimum absolute atomic E-state index is 0.377. The Balaban J connectivity index is 1.90. The Labute approximate surface area is 160 Å². The molecule has 27 heavy (non-hydrogen) atoms. The number of hydrogen-bond donors (Lipinski definition) is 2. The van der Waals surface area contributed by atoms with Crippen LogP contribution in [-0.2, 0) is 0 Å². The van der Waals surface area contributed by atoms with Crippen molar-refractivity contribution >= 4 is 6.08 Å². The van der Waals surface area contributed by atoms with Gasteiger partial charge in [-0.25, -0.2) is 0 Å². The van der Waals surface area contributed by atoms with Crippen molar-refractivity contribution in [3.63, 3.8) is 0 Å². The monoisotopic (exact) mass is 356 g/mol. The van der Waals surface area contributed by atoms with Gasteiger partial charge in [0.25, 0.3) is 0 Å². The molecular formula is C25H24O2.